The van der Waals surface area contributed by atoms with Gasteiger partial charge in [0.05, 0.1) is 35.7 Å². The van der Waals surface area contributed by atoms with E-state index in [-0.39, 0.29) is 10.4 Å². The fourth-order valence-electron chi connectivity index (χ4n) is 2.99. The van der Waals surface area contributed by atoms with Gasteiger partial charge in [-0.15, -0.1) is 0 Å². The number of halogens is 1. The van der Waals surface area contributed by atoms with Crippen molar-refractivity contribution in [3.63, 3.8) is 0 Å². The molecular formula is C14H12BrN6O+. The Morgan fingerprint density at radius 2 is 2.32 bits per heavy atom. The molecule has 22 heavy (non-hydrogen) atoms. The molecule has 0 radical (unpaired) electrons. The first kappa shape index (κ1) is 13.2. The molecule has 4 rings (SSSR count). The van der Waals surface area contributed by atoms with Crippen LogP contribution < -0.4 is 5.73 Å². The molecule has 0 spiro atoms. The summed E-state index contributed by atoms with van der Waals surface area (Å²) < 4.78 is 2.98. The molecule has 110 valence electrons. The number of amidine groups is 1. The number of quaternary nitrogens is 1. The summed E-state index contributed by atoms with van der Waals surface area (Å²) in [7, 11) is 0. The molecule has 2 aromatic rings. The number of nitrogens with two attached hydrogens (primary N) is 1. The van der Waals surface area contributed by atoms with Crippen LogP contribution in [0.1, 0.15) is 11.3 Å². The number of para-hydroxylation sites is 1. The minimum absolute atomic E-state index is 0.0473. The topological polar surface area (TPSA) is 88.8 Å². The van der Waals surface area contributed by atoms with Crippen molar-refractivity contribution in [2.75, 3.05) is 0 Å². The lowest BCUT2D eigenvalue weighted by molar-refractivity contribution is -0.703. The number of benzene rings is 1. The fourth-order valence-corrected chi connectivity index (χ4v) is 3.54. The molecule has 0 bridgehead atoms. The van der Waals surface area contributed by atoms with E-state index in [9.17, 15) is 5.21 Å². The number of aliphatic imine (C=N–C) groups is 1. The van der Waals surface area contributed by atoms with Crippen LogP contribution in [0.3, 0.4) is 0 Å². The maximum Gasteiger partial charge on any atom is 0.344 e. The number of rotatable bonds is 0. The second-order valence-corrected chi connectivity index (χ2v) is 5.98. The molecule has 0 amide bonds. The van der Waals surface area contributed by atoms with Gasteiger partial charge in [-0.3, -0.25) is 4.57 Å². The average molecular weight is 360 g/mol. The van der Waals surface area contributed by atoms with Gasteiger partial charge in [-0.25, -0.2) is 4.98 Å². The molecule has 1 aromatic carbocycles. The van der Waals surface area contributed by atoms with Crippen molar-refractivity contribution in [2.24, 2.45) is 15.9 Å². The molecule has 2 aliphatic rings. The summed E-state index contributed by atoms with van der Waals surface area (Å²) in [6, 6.07) is 5.88. The summed E-state index contributed by atoms with van der Waals surface area (Å²) in [5.74, 6) is 0.781. The Balaban J connectivity index is 2.10. The van der Waals surface area contributed by atoms with Crippen molar-refractivity contribution in [2.45, 2.75) is 6.54 Å². The monoisotopic (exact) mass is 359 g/mol. The van der Waals surface area contributed by atoms with Crippen molar-refractivity contribution in [1.29, 1.82) is 0 Å². The van der Waals surface area contributed by atoms with E-state index in [1.807, 2.05) is 29.0 Å². The third kappa shape index (κ3) is 1.56. The first-order valence-electron chi connectivity index (χ1n) is 6.60. The van der Waals surface area contributed by atoms with Gasteiger partial charge < -0.3 is 10.9 Å². The predicted molar refractivity (Wildman–Crippen MR) is 84.3 cm³/mol. The molecule has 1 unspecified atom stereocenters. The Bertz CT molecular complexity index is 868. The number of guanidine groups is 1. The molecule has 0 saturated carbocycles. The van der Waals surface area contributed by atoms with Gasteiger partial charge in [0.25, 0.3) is 0 Å². The lowest BCUT2D eigenvalue weighted by atomic mass is 10.1. The zero-order valence-corrected chi connectivity index (χ0v) is 13.0. The number of imidazole rings is 1. The first-order valence-corrected chi connectivity index (χ1v) is 7.39. The van der Waals surface area contributed by atoms with Crippen LogP contribution in [0, 0.1) is 0 Å². The Kier molecular flexibility index (Phi) is 2.72. The number of hydrogen-bond donors (Lipinski definition) is 2. The summed E-state index contributed by atoms with van der Waals surface area (Å²) in [6.07, 6.45) is 7.04. The molecule has 0 saturated heterocycles. The predicted octanol–water partition coefficient (Wildman–Crippen LogP) is 1.90. The maximum absolute atomic E-state index is 9.25. The van der Waals surface area contributed by atoms with Crippen molar-refractivity contribution < 1.29 is 9.69 Å². The molecule has 1 aromatic heterocycles. The van der Waals surface area contributed by atoms with E-state index in [0.717, 1.165) is 27.3 Å². The third-order valence-corrected chi connectivity index (χ3v) is 4.64. The van der Waals surface area contributed by atoms with Gasteiger partial charge in [-0.2, -0.15) is 9.48 Å². The minimum Gasteiger partial charge on any atom is -0.405 e. The lowest BCUT2D eigenvalue weighted by Gasteiger charge is -2.27. The smallest absolute Gasteiger partial charge is 0.344 e. The Labute approximate surface area is 134 Å². The van der Waals surface area contributed by atoms with Crippen molar-refractivity contribution in [3.8, 4) is 5.69 Å². The van der Waals surface area contributed by atoms with Crippen LogP contribution in [0.15, 0.2) is 57.7 Å². The molecule has 0 aliphatic carbocycles. The van der Waals surface area contributed by atoms with Crippen LogP contribution >= 0.6 is 15.9 Å². The van der Waals surface area contributed by atoms with Crippen LogP contribution in [0.5, 0.6) is 0 Å². The highest BCUT2D eigenvalue weighted by Gasteiger charge is 2.46. The van der Waals surface area contributed by atoms with E-state index < -0.39 is 0 Å². The third-order valence-electron chi connectivity index (χ3n) is 4.00. The normalized spacial score (nSPS) is 22.6. The standard InChI is InChI=1S/C14H11BrN6O/c15-11-3-1-2-10-12(11)20-8-17-6-9(20)7-21(14(16)19-22)5-4-18-13(10)21/h1-6,8H,7H2,(H2-,16,19,22)/p+1. The van der Waals surface area contributed by atoms with Crippen LogP contribution in [0.25, 0.3) is 5.69 Å². The summed E-state index contributed by atoms with van der Waals surface area (Å²) in [4.78, 5) is 8.73. The largest absolute Gasteiger partial charge is 0.405 e. The summed E-state index contributed by atoms with van der Waals surface area (Å²) >= 11 is 3.60. The highest BCUT2D eigenvalue weighted by molar-refractivity contribution is 9.10. The summed E-state index contributed by atoms with van der Waals surface area (Å²) in [5, 5.41) is 12.5. The van der Waals surface area contributed by atoms with E-state index in [2.05, 4.69) is 31.1 Å². The van der Waals surface area contributed by atoms with E-state index in [1.165, 1.54) is 0 Å². The van der Waals surface area contributed by atoms with E-state index >= 15 is 0 Å². The Hall–Kier alpha value is -2.45. The SMILES string of the molecule is NC(=NO)[N+]12C=CN=C1c1cccc(Br)c1-n1cncc1C2. The number of fused-ring (bicyclic) bond motifs is 5. The summed E-state index contributed by atoms with van der Waals surface area (Å²) in [6.45, 7) is 0.465. The van der Waals surface area contributed by atoms with Gasteiger partial charge >= 0.3 is 5.96 Å². The van der Waals surface area contributed by atoms with Gasteiger partial charge in [-0.05, 0) is 33.2 Å². The van der Waals surface area contributed by atoms with Gasteiger partial charge in [0.15, 0.2) is 0 Å². The zero-order valence-electron chi connectivity index (χ0n) is 11.4. The second-order valence-electron chi connectivity index (χ2n) is 5.13. The molecule has 3 N–H and O–H groups in total. The molecule has 3 heterocycles. The first-order chi connectivity index (χ1) is 10.7. The molecule has 8 heteroatoms. The second kappa shape index (κ2) is 4.52. The quantitative estimate of drug-likeness (QED) is 0.247. The van der Waals surface area contributed by atoms with Crippen molar-refractivity contribution in [1.82, 2.24) is 9.55 Å². The van der Waals surface area contributed by atoms with Gasteiger partial charge in [0, 0.05) is 4.47 Å². The van der Waals surface area contributed by atoms with Crippen LogP contribution in [0.2, 0.25) is 0 Å². The van der Waals surface area contributed by atoms with Crippen LogP contribution in [-0.2, 0) is 6.54 Å². The number of hydrogen-bond acceptors (Lipinski definition) is 4. The highest BCUT2D eigenvalue weighted by atomic mass is 79.9. The molecule has 1 atom stereocenters. The van der Waals surface area contributed by atoms with Crippen LogP contribution in [0.4, 0.5) is 0 Å². The van der Waals surface area contributed by atoms with Crippen molar-refractivity contribution in [3.05, 3.63) is 58.9 Å². The van der Waals surface area contributed by atoms with Crippen LogP contribution in [-0.4, -0.2) is 31.0 Å². The maximum atomic E-state index is 9.25. The lowest BCUT2D eigenvalue weighted by Crippen LogP contribution is -2.54. The van der Waals surface area contributed by atoms with Crippen molar-refractivity contribution >= 4 is 27.7 Å². The number of oxime groups is 1. The van der Waals surface area contributed by atoms with Gasteiger partial charge in [0.2, 0.25) is 5.84 Å². The fraction of sp³-hybridized carbons (Fsp3) is 0.0714. The molecule has 7 nitrogen and oxygen atoms in total. The summed E-state index contributed by atoms with van der Waals surface area (Å²) in [5.41, 5.74) is 8.81. The van der Waals surface area contributed by atoms with E-state index in [0.29, 0.717) is 6.54 Å². The molecule has 0 fully saturated rings. The molecule has 2 aliphatic heterocycles. The molecular weight excluding hydrogens is 348 g/mol. The van der Waals surface area contributed by atoms with Gasteiger partial charge in [-0.1, -0.05) is 6.07 Å². The Morgan fingerprint density at radius 1 is 1.45 bits per heavy atom. The van der Waals surface area contributed by atoms with E-state index in [1.54, 1.807) is 18.7 Å². The highest BCUT2D eigenvalue weighted by Crippen LogP contribution is 2.36. The number of aromatic nitrogens is 2. The average Bonchev–Trinajstić information content (AvgIpc) is 3.12. The van der Waals surface area contributed by atoms with E-state index in [4.69, 9.17) is 5.73 Å². The number of nitrogens with zero attached hydrogens (tertiary/aromatic N) is 5. The minimum atomic E-state index is 0.0473. The Morgan fingerprint density at radius 3 is 3.14 bits per heavy atom. The zero-order chi connectivity index (χ0) is 15.3. The van der Waals surface area contributed by atoms with Gasteiger partial charge in [0.1, 0.15) is 12.7 Å².